The van der Waals surface area contributed by atoms with Gasteiger partial charge in [-0.1, -0.05) is 0 Å². The van der Waals surface area contributed by atoms with E-state index in [0.717, 1.165) is 6.29 Å². The molecule has 0 amide bonds. The first-order chi connectivity index (χ1) is 8.28. The van der Waals surface area contributed by atoms with Crippen LogP contribution in [0, 0.1) is 0 Å². The van der Waals surface area contributed by atoms with Crippen molar-refractivity contribution in [1.29, 1.82) is 0 Å². The molecule has 0 unspecified atom stereocenters. The van der Waals surface area contributed by atoms with Crippen molar-refractivity contribution in [2.75, 3.05) is 0 Å². The van der Waals surface area contributed by atoms with Gasteiger partial charge in [0.2, 0.25) is 0 Å². The Morgan fingerprint density at radius 3 is 2.47 bits per heavy atom. The molecule has 2 aromatic rings. The van der Waals surface area contributed by atoms with Gasteiger partial charge in [-0.15, -0.1) is 0 Å². The van der Waals surface area contributed by atoms with Gasteiger partial charge in [-0.05, 0) is 24.3 Å². The minimum absolute atomic E-state index is 0.137. The zero-order valence-corrected chi connectivity index (χ0v) is 9.17. The van der Waals surface area contributed by atoms with Crippen LogP contribution in [-0.4, -0.2) is 21.1 Å². The number of furan rings is 1. The maximum atomic E-state index is 10.8. The normalized spacial score (nSPS) is 10.7. The fourth-order valence-electron chi connectivity index (χ4n) is 1.71. The van der Waals surface area contributed by atoms with E-state index in [4.69, 9.17) is 14.6 Å². The van der Waals surface area contributed by atoms with E-state index in [2.05, 4.69) is 0 Å². The SMILES string of the molecule is O=Cc1ccc(CO)n1Cc1ccc(CO)o1. The minimum atomic E-state index is -0.154. The molecule has 5 nitrogen and oxygen atoms in total. The molecule has 2 rings (SSSR count). The number of aliphatic hydroxyl groups excluding tert-OH is 2. The summed E-state index contributed by atoms with van der Waals surface area (Å²) in [7, 11) is 0. The van der Waals surface area contributed by atoms with Gasteiger partial charge < -0.3 is 19.2 Å². The van der Waals surface area contributed by atoms with Crippen LogP contribution < -0.4 is 0 Å². The van der Waals surface area contributed by atoms with Gasteiger partial charge in [0, 0.05) is 5.69 Å². The van der Waals surface area contributed by atoms with Gasteiger partial charge in [-0.3, -0.25) is 4.79 Å². The van der Waals surface area contributed by atoms with E-state index in [1.54, 1.807) is 28.8 Å². The fraction of sp³-hybridized carbons (Fsp3) is 0.250. The lowest BCUT2D eigenvalue weighted by Crippen LogP contribution is -2.07. The van der Waals surface area contributed by atoms with Gasteiger partial charge in [-0.25, -0.2) is 0 Å². The summed E-state index contributed by atoms with van der Waals surface area (Å²) in [5.41, 5.74) is 1.13. The fourth-order valence-corrected chi connectivity index (χ4v) is 1.71. The molecule has 2 aromatic heterocycles. The van der Waals surface area contributed by atoms with Crippen molar-refractivity contribution in [3.05, 3.63) is 47.2 Å². The first-order valence-electron chi connectivity index (χ1n) is 5.21. The number of aromatic nitrogens is 1. The van der Waals surface area contributed by atoms with Crippen molar-refractivity contribution in [3.63, 3.8) is 0 Å². The number of carbonyl (C=O) groups excluding carboxylic acids is 1. The summed E-state index contributed by atoms with van der Waals surface area (Å²) in [4.78, 5) is 10.8. The Kier molecular flexibility index (Phi) is 3.41. The molecule has 0 aliphatic rings. The third-order valence-corrected chi connectivity index (χ3v) is 2.57. The molecule has 0 aromatic carbocycles. The summed E-state index contributed by atoms with van der Waals surface area (Å²) < 4.78 is 7.01. The van der Waals surface area contributed by atoms with E-state index in [9.17, 15) is 4.79 Å². The van der Waals surface area contributed by atoms with Crippen molar-refractivity contribution in [3.8, 4) is 0 Å². The van der Waals surface area contributed by atoms with Crippen molar-refractivity contribution < 1.29 is 19.4 Å². The smallest absolute Gasteiger partial charge is 0.166 e. The van der Waals surface area contributed by atoms with Crippen LogP contribution in [0.4, 0.5) is 0 Å². The third kappa shape index (κ3) is 2.30. The Morgan fingerprint density at radius 2 is 1.88 bits per heavy atom. The third-order valence-electron chi connectivity index (χ3n) is 2.57. The number of hydrogen-bond acceptors (Lipinski definition) is 4. The molecular weight excluding hydrogens is 222 g/mol. The number of aliphatic hydroxyl groups is 2. The van der Waals surface area contributed by atoms with Gasteiger partial charge >= 0.3 is 0 Å². The zero-order chi connectivity index (χ0) is 12.3. The molecule has 0 atom stereocenters. The highest BCUT2D eigenvalue weighted by Crippen LogP contribution is 2.14. The monoisotopic (exact) mass is 235 g/mol. The molecule has 0 saturated carbocycles. The second-order valence-electron chi connectivity index (χ2n) is 3.64. The van der Waals surface area contributed by atoms with Gasteiger partial charge in [0.15, 0.2) is 6.29 Å². The molecule has 0 radical (unpaired) electrons. The van der Waals surface area contributed by atoms with Crippen molar-refractivity contribution in [2.24, 2.45) is 0 Å². The average Bonchev–Trinajstić information content (AvgIpc) is 2.96. The standard InChI is InChI=1S/C12H13NO4/c14-6-9-1-2-10(7-15)13(9)5-11-3-4-12(8-16)17-11/h1-4,6,15-16H,5,7-8H2. The van der Waals surface area contributed by atoms with Crippen LogP contribution in [0.2, 0.25) is 0 Å². The number of rotatable bonds is 5. The molecule has 5 heteroatoms. The highest BCUT2D eigenvalue weighted by Gasteiger charge is 2.09. The van der Waals surface area contributed by atoms with Crippen LogP contribution >= 0.6 is 0 Å². The zero-order valence-electron chi connectivity index (χ0n) is 9.17. The van der Waals surface area contributed by atoms with Crippen molar-refractivity contribution in [1.82, 2.24) is 4.57 Å². The Hall–Kier alpha value is -1.85. The lowest BCUT2D eigenvalue weighted by atomic mass is 10.4. The number of hydrogen-bond donors (Lipinski definition) is 2. The summed E-state index contributed by atoms with van der Waals surface area (Å²) in [6, 6.07) is 6.76. The number of carbonyl (C=O) groups is 1. The van der Waals surface area contributed by atoms with E-state index in [1.807, 2.05) is 0 Å². The molecule has 2 heterocycles. The van der Waals surface area contributed by atoms with Crippen LogP contribution in [0.3, 0.4) is 0 Å². The molecule has 17 heavy (non-hydrogen) atoms. The van der Waals surface area contributed by atoms with Gasteiger partial charge in [0.25, 0.3) is 0 Å². The van der Waals surface area contributed by atoms with E-state index in [0.29, 0.717) is 29.5 Å². The molecule has 0 fully saturated rings. The Labute approximate surface area is 97.9 Å². The molecule has 2 N–H and O–H groups in total. The van der Waals surface area contributed by atoms with Crippen LogP contribution in [0.25, 0.3) is 0 Å². The lowest BCUT2D eigenvalue weighted by molar-refractivity contribution is 0.111. The first kappa shape index (κ1) is 11.6. The molecule has 0 saturated heterocycles. The topological polar surface area (TPSA) is 75.6 Å². The van der Waals surface area contributed by atoms with Crippen molar-refractivity contribution in [2.45, 2.75) is 19.8 Å². The maximum Gasteiger partial charge on any atom is 0.166 e. The van der Waals surface area contributed by atoms with E-state index in [-0.39, 0.29) is 13.2 Å². The molecule has 0 bridgehead atoms. The Balaban J connectivity index is 2.27. The first-order valence-corrected chi connectivity index (χ1v) is 5.21. The van der Waals surface area contributed by atoms with Gasteiger partial charge in [0.1, 0.15) is 18.1 Å². The summed E-state index contributed by atoms with van der Waals surface area (Å²) in [6.07, 6.45) is 0.731. The summed E-state index contributed by atoms with van der Waals surface area (Å²) >= 11 is 0. The minimum Gasteiger partial charge on any atom is -0.462 e. The predicted octanol–water partition coefficient (Wildman–Crippen LogP) is 0.926. The summed E-state index contributed by atoms with van der Waals surface area (Å²) in [5, 5.41) is 18.0. The largest absolute Gasteiger partial charge is 0.462 e. The molecule has 0 aliphatic heterocycles. The van der Waals surface area contributed by atoms with E-state index in [1.165, 1.54) is 0 Å². The molecular formula is C12H13NO4. The van der Waals surface area contributed by atoms with Crippen LogP contribution in [0.5, 0.6) is 0 Å². The molecule has 90 valence electrons. The summed E-state index contributed by atoms with van der Waals surface area (Å²) in [6.45, 7) is 0.0669. The Bertz CT molecular complexity index is 512. The van der Waals surface area contributed by atoms with Gasteiger partial charge in [-0.2, -0.15) is 0 Å². The van der Waals surface area contributed by atoms with Crippen molar-refractivity contribution >= 4 is 6.29 Å². The highest BCUT2D eigenvalue weighted by molar-refractivity contribution is 5.72. The number of nitrogens with zero attached hydrogens (tertiary/aromatic N) is 1. The summed E-state index contributed by atoms with van der Waals surface area (Å²) in [5.74, 6) is 1.11. The Morgan fingerprint density at radius 1 is 1.12 bits per heavy atom. The molecule has 0 spiro atoms. The van der Waals surface area contributed by atoms with E-state index >= 15 is 0 Å². The highest BCUT2D eigenvalue weighted by atomic mass is 16.4. The van der Waals surface area contributed by atoms with Crippen LogP contribution in [0.1, 0.15) is 27.7 Å². The predicted molar refractivity (Wildman–Crippen MR) is 59.5 cm³/mol. The maximum absolute atomic E-state index is 10.8. The second-order valence-corrected chi connectivity index (χ2v) is 3.64. The number of aldehydes is 1. The quantitative estimate of drug-likeness (QED) is 0.756. The van der Waals surface area contributed by atoms with E-state index < -0.39 is 0 Å². The van der Waals surface area contributed by atoms with Crippen LogP contribution in [0.15, 0.2) is 28.7 Å². The second kappa shape index (κ2) is 4.99. The van der Waals surface area contributed by atoms with Gasteiger partial charge in [0.05, 0.1) is 18.8 Å². The lowest BCUT2D eigenvalue weighted by Gasteiger charge is -2.07. The van der Waals surface area contributed by atoms with Crippen LogP contribution in [-0.2, 0) is 19.8 Å². The molecule has 0 aliphatic carbocycles. The average molecular weight is 235 g/mol.